The third-order valence-corrected chi connectivity index (χ3v) is 5.96. The van der Waals surface area contributed by atoms with Gasteiger partial charge in [0.2, 0.25) is 9.84 Å². The van der Waals surface area contributed by atoms with Gasteiger partial charge in [0.05, 0.1) is 4.90 Å². The van der Waals surface area contributed by atoms with Crippen LogP contribution in [0.2, 0.25) is 0 Å². The second-order valence-electron chi connectivity index (χ2n) is 5.58. The molecule has 1 N–H and O–H groups in total. The fourth-order valence-electron chi connectivity index (χ4n) is 3.02. The topological polar surface area (TPSA) is 76.4 Å². The van der Waals surface area contributed by atoms with E-state index in [1.54, 1.807) is 41.9 Å². The minimum Gasteiger partial charge on any atom is -0.370 e. The van der Waals surface area contributed by atoms with Crippen molar-refractivity contribution in [1.29, 1.82) is 0 Å². The number of fused-ring (bicyclic) bond motifs is 2. The molecule has 0 unspecified atom stereocenters. The maximum Gasteiger partial charge on any atom is 0.214 e. The lowest BCUT2D eigenvalue weighted by atomic mass is 10.3. The summed E-state index contributed by atoms with van der Waals surface area (Å²) in [6.45, 7) is 0. The Bertz CT molecular complexity index is 994. The second kappa shape index (κ2) is 5.06. The first-order valence-electron chi connectivity index (χ1n) is 7.50. The molecule has 1 aliphatic carbocycles. The fraction of sp³-hybridized carbons (Fsp3) is 0.250. The Morgan fingerprint density at radius 2 is 1.96 bits per heavy atom. The predicted octanol–water partition coefficient (Wildman–Crippen LogP) is 2.09. The largest absolute Gasteiger partial charge is 0.370 e. The number of aryl methyl sites for hydroxylation is 2. The van der Waals surface area contributed by atoms with Gasteiger partial charge >= 0.3 is 0 Å². The summed E-state index contributed by atoms with van der Waals surface area (Å²) in [5.41, 5.74) is 2.51. The standard InChI is InChI=1S/C16H16N4O2S/c1-17-15-14(23(21,22)12-7-3-2-4-8-12)16-18-13-9-5-6-11(13)10-20(16)19-15/h2-4,7-8,10H,5-6,9H2,1H3,(H,17,19). The molecule has 0 amide bonds. The van der Waals surface area contributed by atoms with Crippen LogP contribution >= 0.6 is 0 Å². The lowest BCUT2D eigenvalue weighted by Crippen LogP contribution is -2.06. The summed E-state index contributed by atoms with van der Waals surface area (Å²) in [5.74, 6) is 0.324. The van der Waals surface area contributed by atoms with E-state index in [1.165, 1.54) is 0 Å². The van der Waals surface area contributed by atoms with E-state index in [-0.39, 0.29) is 9.79 Å². The number of nitrogens with one attached hydrogen (secondary N) is 1. The van der Waals surface area contributed by atoms with Gasteiger partial charge in [0, 0.05) is 18.9 Å². The molecule has 0 atom stereocenters. The molecule has 23 heavy (non-hydrogen) atoms. The van der Waals surface area contributed by atoms with Crippen LogP contribution in [-0.2, 0) is 22.7 Å². The van der Waals surface area contributed by atoms with Crippen LogP contribution in [0.4, 0.5) is 5.82 Å². The maximum absolute atomic E-state index is 13.1. The van der Waals surface area contributed by atoms with Crippen LogP contribution in [-0.4, -0.2) is 30.1 Å². The number of rotatable bonds is 3. The van der Waals surface area contributed by atoms with Crippen molar-refractivity contribution in [2.45, 2.75) is 29.1 Å². The zero-order valence-corrected chi connectivity index (χ0v) is 13.5. The molecule has 1 aromatic carbocycles. The number of sulfone groups is 1. The van der Waals surface area contributed by atoms with E-state index in [0.717, 1.165) is 30.5 Å². The van der Waals surface area contributed by atoms with Gasteiger partial charge in [-0.1, -0.05) is 18.2 Å². The fourth-order valence-corrected chi connectivity index (χ4v) is 4.55. The van der Waals surface area contributed by atoms with Gasteiger partial charge in [-0.3, -0.25) is 0 Å². The lowest BCUT2D eigenvalue weighted by molar-refractivity contribution is 0.597. The Morgan fingerprint density at radius 3 is 2.70 bits per heavy atom. The second-order valence-corrected chi connectivity index (χ2v) is 7.47. The van der Waals surface area contributed by atoms with Crippen LogP contribution in [0.25, 0.3) is 5.65 Å². The minimum atomic E-state index is -3.69. The predicted molar refractivity (Wildman–Crippen MR) is 86.5 cm³/mol. The Kier molecular flexibility index (Phi) is 3.12. The summed E-state index contributed by atoms with van der Waals surface area (Å²) in [4.78, 5) is 4.98. The van der Waals surface area contributed by atoms with E-state index in [0.29, 0.717) is 11.5 Å². The Balaban J connectivity index is 2.02. The quantitative estimate of drug-likeness (QED) is 0.797. The van der Waals surface area contributed by atoms with Crippen molar-refractivity contribution in [3.8, 4) is 0 Å². The normalized spacial score (nSPS) is 14.1. The van der Waals surface area contributed by atoms with Crippen molar-refractivity contribution in [3.63, 3.8) is 0 Å². The number of anilines is 1. The molecular formula is C16H16N4O2S. The molecule has 4 rings (SSSR count). The molecule has 0 bridgehead atoms. The number of benzene rings is 1. The molecule has 6 nitrogen and oxygen atoms in total. The van der Waals surface area contributed by atoms with E-state index >= 15 is 0 Å². The lowest BCUT2D eigenvalue weighted by Gasteiger charge is -2.05. The average molecular weight is 328 g/mol. The van der Waals surface area contributed by atoms with Crippen LogP contribution in [0.1, 0.15) is 17.7 Å². The van der Waals surface area contributed by atoms with E-state index in [9.17, 15) is 8.42 Å². The molecule has 7 heteroatoms. The number of aromatic nitrogens is 3. The highest BCUT2D eigenvalue weighted by Gasteiger charge is 2.29. The smallest absolute Gasteiger partial charge is 0.214 e. The van der Waals surface area contributed by atoms with Crippen LogP contribution < -0.4 is 5.32 Å². The SMILES string of the molecule is CNc1nn2cc3c(nc2c1S(=O)(=O)c1ccccc1)CCC3. The third kappa shape index (κ3) is 2.11. The van der Waals surface area contributed by atoms with Gasteiger partial charge in [0.1, 0.15) is 0 Å². The van der Waals surface area contributed by atoms with Gasteiger partial charge in [-0.2, -0.15) is 0 Å². The summed E-state index contributed by atoms with van der Waals surface area (Å²) >= 11 is 0. The first-order valence-corrected chi connectivity index (χ1v) is 8.98. The molecule has 0 radical (unpaired) electrons. The van der Waals surface area contributed by atoms with E-state index in [2.05, 4.69) is 15.4 Å². The zero-order valence-electron chi connectivity index (χ0n) is 12.7. The summed E-state index contributed by atoms with van der Waals surface area (Å²) in [7, 11) is -2.02. The van der Waals surface area contributed by atoms with Crippen LogP contribution in [0.3, 0.4) is 0 Å². The monoisotopic (exact) mass is 328 g/mol. The highest BCUT2D eigenvalue weighted by Crippen LogP contribution is 2.32. The minimum absolute atomic E-state index is 0.140. The van der Waals surface area contributed by atoms with Crippen LogP contribution in [0.15, 0.2) is 46.3 Å². The van der Waals surface area contributed by atoms with E-state index in [1.807, 2.05) is 6.20 Å². The van der Waals surface area contributed by atoms with Gasteiger partial charge in [0.25, 0.3) is 0 Å². The molecule has 0 fully saturated rings. The molecular weight excluding hydrogens is 312 g/mol. The van der Waals surface area contributed by atoms with Gasteiger partial charge < -0.3 is 5.32 Å². The first-order chi connectivity index (χ1) is 11.1. The average Bonchev–Trinajstić information content (AvgIpc) is 3.16. The molecule has 2 aromatic heterocycles. The Hall–Kier alpha value is -2.41. The molecule has 0 spiro atoms. The van der Waals surface area contributed by atoms with Gasteiger partial charge in [-0.15, -0.1) is 5.10 Å². The summed E-state index contributed by atoms with van der Waals surface area (Å²) in [6.07, 6.45) is 4.80. The Morgan fingerprint density at radius 1 is 1.17 bits per heavy atom. The molecule has 0 saturated heterocycles. The van der Waals surface area contributed by atoms with Crippen LogP contribution in [0.5, 0.6) is 0 Å². The number of hydrogen-bond acceptors (Lipinski definition) is 5. The maximum atomic E-state index is 13.1. The van der Waals surface area contributed by atoms with Crippen molar-refractivity contribution >= 4 is 21.3 Å². The number of hydrogen-bond donors (Lipinski definition) is 1. The summed E-state index contributed by atoms with van der Waals surface area (Å²) in [5, 5.41) is 7.25. The van der Waals surface area contributed by atoms with Crippen molar-refractivity contribution in [2.75, 3.05) is 12.4 Å². The number of nitrogens with zero attached hydrogens (tertiary/aromatic N) is 3. The van der Waals surface area contributed by atoms with Crippen molar-refractivity contribution in [1.82, 2.24) is 14.6 Å². The van der Waals surface area contributed by atoms with Gasteiger partial charge in [-0.05, 0) is 37.0 Å². The molecule has 1 aliphatic rings. The molecule has 0 aliphatic heterocycles. The summed E-state index contributed by atoms with van der Waals surface area (Å²) in [6, 6.07) is 8.39. The summed E-state index contributed by atoms with van der Waals surface area (Å²) < 4.78 is 27.7. The molecule has 3 aromatic rings. The van der Waals surface area contributed by atoms with E-state index < -0.39 is 9.84 Å². The van der Waals surface area contributed by atoms with Crippen molar-refractivity contribution in [2.24, 2.45) is 0 Å². The van der Waals surface area contributed by atoms with E-state index in [4.69, 9.17) is 0 Å². The highest BCUT2D eigenvalue weighted by molar-refractivity contribution is 7.91. The van der Waals surface area contributed by atoms with Gasteiger partial charge in [0.15, 0.2) is 16.4 Å². The van der Waals surface area contributed by atoms with Crippen molar-refractivity contribution < 1.29 is 8.42 Å². The van der Waals surface area contributed by atoms with Crippen molar-refractivity contribution in [3.05, 3.63) is 47.8 Å². The Labute approximate surface area is 134 Å². The van der Waals surface area contributed by atoms with Crippen LogP contribution in [0, 0.1) is 0 Å². The third-order valence-electron chi connectivity index (χ3n) is 4.15. The molecule has 0 saturated carbocycles. The van der Waals surface area contributed by atoms with Gasteiger partial charge in [-0.25, -0.2) is 17.9 Å². The zero-order chi connectivity index (χ0) is 16.0. The molecule has 118 valence electrons. The molecule has 2 heterocycles. The first kappa shape index (κ1) is 14.2. The highest BCUT2D eigenvalue weighted by atomic mass is 32.2.